The molecule has 1 amide bonds. The number of benzene rings is 1. The number of aliphatic imine (C=N–C) groups is 1. The maximum absolute atomic E-state index is 12.4. The summed E-state index contributed by atoms with van der Waals surface area (Å²) in [5, 5.41) is 0. The summed E-state index contributed by atoms with van der Waals surface area (Å²) in [6.45, 7) is 8.63. The fourth-order valence-electron chi connectivity index (χ4n) is 3.22. The van der Waals surface area contributed by atoms with Gasteiger partial charge in [0.05, 0.1) is 13.2 Å². The first kappa shape index (κ1) is 22.4. The van der Waals surface area contributed by atoms with E-state index in [2.05, 4.69) is 15.9 Å². The molecule has 0 bridgehead atoms. The molecule has 28 heavy (non-hydrogen) atoms. The molecule has 1 unspecified atom stereocenters. The highest BCUT2D eigenvalue weighted by Crippen LogP contribution is 2.28. The molecule has 1 aliphatic rings. The highest BCUT2D eigenvalue weighted by atomic mass is 79.9. The van der Waals surface area contributed by atoms with Gasteiger partial charge in [-0.15, -0.1) is 0 Å². The van der Waals surface area contributed by atoms with Crippen molar-refractivity contribution in [1.82, 2.24) is 4.90 Å². The van der Waals surface area contributed by atoms with Gasteiger partial charge >= 0.3 is 12.1 Å². The first-order valence-electron chi connectivity index (χ1n) is 9.47. The van der Waals surface area contributed by atoms with Crippen LogP contribution in [0.5, 0.6) is 0 Å². The van der Waals surface area contributed by atoms with Gasteiger partial charge in [0.25, 0.3) is 0 Å². The molecule has 0 saturated carbocycles. The SMILES string of the molecule is COC(=O)C(/C(C)=N/C1CCN(C(=O)OC(C)(C)C)CC1)c1ccccc1Br. The van der Waals surface area contributed by atoms with Gasteiger partial charge in [0.15, 0.2) is 0 Å². The molecule has 6 nitrogen and oxygen atoms in total. The number of esters is 1. The summed E-state index contributed by atoms with van der Waals surface area (Å²) < 4.78 is 11.3. The molecule has 1 aromatic carbocycles. The number of carbonyl (C=O) groups excluding carboxylic acids is 2. The number of piperidine rings is 1. The Hall–Kier alpha value is -1.89. The lowest BCUT2D eigenvalue weighted by molar-refractivity contribution is -0.140. The van der Waals surface area contributed by atoms with Gasteiger partial charge in [-0.1, -0.05) is 34.1 Å². The van der Waals surface area contributed by atoms with Crippen molar-refractivity contribution < 1.29 is 19.1 Å². The highest BCUT2D eigenvalue weighted by molar-refractivity contribution is 9.10. The number of rotatable bonds is 4. The largest absolute Gasteiger partial charge is 0.468 e. The first-order chi connectivity index (χ1) is 13.1. The maximum Gasteiger partial charge on any atom is 0.410 e. The Morgan fingerprint density at radius 1 is 1.21 bits per heavy atom. The monoisotopic (exact) mass is 452 g/mol. The number of amides is 1. The average molecular weight is 453 g/mol. The molecule has 0 aliphatic carbocycles. The van der Waals surface area contributed by atoms with E-state index in [9.17, 15) is 9.59 Å². The van der Waals surface area contributed by atoms with Crippen molar-refractivity contribution in [1.29, 1.82) is 0 Å². The molecule has 7 heteroatoms. The average Bonchev–Trinajstić information content (AvgIpc) is 2.62. The lowest BCUT2D eigenvalue weighted by Gasteiger charge is -2.32. The van der Waals surface area contributed by atoms with E-state index >= 15 is 0 Å². The number of nitrogens with zero attached hydrogens (tertiary/aromatic N) is 2. The third-order valence-corrected chi connectivity index (χ3v) is 5.30. The predicted octanol–water partition coefficient (Wildman–Crippen LogP) is 4.57. The van der Waals surface area contributed by atoms with E-state index in [0.717, 1.165) is 28.6 Å². The van der Waals surface area contributed by atoms with Gasteiger partial charge in [-0.25, -0.2) is 4.79 Å². The first-order valence-corrected chi connectivity index (χ1v) is 10.3. The molecule has 154 valence electrons. The third-order valence-electron chi connectivity index (χ3n) is 4.57. The van der Waals surface area contributed by atoms with E-state index < -0.39 is 11.5 Å². The van der Waals surface area contributed by atoms with E-state index in [0.29, 0.717) is 13.1 Å². The van der Waals surface area contributed by atoms with E-state index in [-0.39, 0.29) is 18.1 Å². The van der Waals surface area contributed by atoms with E-state index in [1.807, 2.05) is 52.0 Å². The van der Waals surface area contributed by atoms with Crippen molar-refractivity contribution in [3.63, 3.8) is 0 Å². The predicted molar refractivity (Wildman–Crippen MR) is 113 cm³/mol. The molecule has 2 rings (SSSR count). The summed E-state index contributed by atoms with van der Waals surface area (Å²) in [7, 11) is 1.39. The van der Waals surface area contributed by atoms with Crippen LogP contribution in [0.3, 0.4) is 0 Å². The van der Waals surface area contributed by atoms with E-state index in [1.54, 1.807) is 4.90 Å². The molecule has 1 saturated heterocycles. The minimum atomic E-state index is -0.551. The Bertz CT molecular complexity index is 734. The van der Waals surface area contributed by atoms with Gasteiger partial charge in [0.1, 0.15) is 11.5 Å². The Balaban J connectivity index is 2.09. The van der Waals surface area contributed by atoms with E-state index in [1.165, 1.54) is 7.11 Å². The van der Waals surface area contributed by atoms with Gasteiger partial charge in [-0.05, 0) is 52.2 Å². The lowest BCUT2D eigenvalue weighted by atomic mass is 9.94. The smallest absolute Gasteiger partial charge is 0.410 e. The van der Waals surface area contributed by atoms with Crippen molar-refractivity contribution in [3.05, 3.63) is 34.3 Å². The number of ether oxygens (including phenoxy) is 2. The summed E-state index contributed by atoms with van der Waals surface area (Å²) in [4.78, 5) is 31.2. The van der Waals surface area contributed by atoms with Crippen LogP contribution in [-0.4, -0.2) is 54.5 Å². The van der Waals surface area contributed by atoms with Crippen LogP contribution >= 0.6 is 15.9 Å². The molecule has 0 radical (unpaired) electrons. The van der Waals surface area contributed by atoms with Crippen LogP contribution in [0.25, 0.3) is 0 Å². The van der Waals surface area contributed by atoms with Gasteiger partial charge in [-0.2, -0.15) is 0 Å². The maximum atomic E-state index is 12.4. The fraction of sp³-hybridized carbons (Fsp3) is 0.571. The van der Waals surface area contributed by atoms with Crippen LogP contribution in [0, 0.1) is 0 Å². The van der Waals surface area contributed by atoms with Crippen molar-refractivity contribution >= 4 is 33.7 Å². The zero-order valence-corrected chi connectivity index (χ0v) is 18.8. The Morgan fingerprint density at radius 3 is 2.36 bits per heavy atom. The number of hydrogen-bond donors (Lipinski definition) is 0. The van der Waals surface area contributed by atoms with Crippen LogP contribution in [0.15, 0.2) is 33.7 Å². The molecule has 1 aliphatic heterocycles. The van der Waals surface area contributed by atoms with Crippen molar-refractivity contribution in [3.8, 4) is 0 Å². The van der Waals surface area contributed by atoms with Crippen molar-refractivity contribution in [2.75, 3.05) is 20.2 Å². The van der Waals surface area contributed by atoms with Crippen LogP contribution in [0.2, 0.25) is 0 Å². The second-order valence-corrected chi connectivity index (χ2v) is 8.80. The molecule has 0 aromatic heterocycles. The van der Waals surface area contributed by atoms with Crippen LogP contribution in [0.4, 0.5) is 4.79 Å². The number of halogens is 1. The van der Waals surface area contributed by atoms with Crippen molar-refractivity contribution in [2.45, 2.75) is 58.1 Å². The Morgan fingerprint density at radius 2 is 1.82 bits per heavy atom. The zero-order chi connectivity index (χ0) is 20.9. The van der Waals surface area contributed by atoms with Crippen LogP contribution < -0.4 is 0 Å². The number of likely N-dealkylation sites (tertiary alicyclic amines) is 1. The summed E-state index contributed by atoms with van der Waals surface area (Å²) in [6.07, 6.45) is 1.19. The molecular weight excluding hydrogens is 424 g/mol. The summed E-state index contributed by atoms with van der Waals surface area (Å²) >= 11 is 3.51. The van der Waals surface area contributed by atoms with Gasteiger partial charge < -0.3 is 14.4 Å². The van der Waals surface area contributed by atoms with Gasteiger partial charge in [0.2, 0.25) is 0 Å². The molecule has 0 N–H and O–H groups in total. The molecule has 1 atom stereocenters. The minimum Gasteiger partial charge on any atom is -0.468 e. The summed E-state index contributed by atoms with van der Waals surface area (Å²) in [6, 6.07) is 7.66. The number of carbonyl (C=O) groups is 2. The zero-order valence-electron chi connectivity index (χ0n) is 17.2. The van der Waals surface area contributed by atoms with Gasteiger partial charge in [-0.3, -0.25) is 9.79 Å². The molecule has 1 fully saturated rings. The standard InChI is InChI=1S/C21H29BrN2O4/c1-14(18(19(25)27-5)16-8-6-7-9-17(16)22)23-15-10-12-24(13-11-15)20(26)28-21(2,3)4/h6-9,15,18H,10-13H2,1-5H3/b23-14+. The minimum absolute atomic E-state index is 0.0633. The third kappa shape index (κ3) is 6.06. The van der Waals surface area contributed by atoms with Crippen LogP contribution in [0.1, 0.15) is 52.0 Å². The molecule has 1 aromatic rings. The molecule has 1 heterocycles. The fourth-order valence-corrected chi connectivity index (χ4v) is 3.73. The normalized spacial score (nSPS) is 17.2. The summed E-state index contributed by atoms with van der Waals surface area (Å²) in [5.74, 6) is -0.885. The summed E-state index contributed by atoms with van der Waals surface area (Å²) in [5.41, 5.74) is 1.05. The second-order valence-electron chi connectivity index (χ2n) is 7.95. The second kappa shape index (κ2) is 9.54. The van der Waals surface area contributed by atoms with E-state index in [4.69, 9.17) is 14.5 Å². The molecule has 0 spiro atoms. The molecular formula is C21H29BrN2O4. The Kier molecular flexibility index (Phi) is 7.63. The topological polar surface area (TPSA) is 68.2 Å². The Labute approximate surface area is 175 Å². The highest BCUT2D eigenvalue weighted by Gasteiger charge is 2.30. The van der Waals surface area contributed by atoms with Gasteiger partial charge in [0, 0.05) is 23.3 Å². The van der Waals surface area contributed by atoms with Crippen LogP contribution in [-0.2, 0) is 14.3 Å². The quantitative estimate of drug-likeness (QED) is 0.495. The lowest BCUT2D eigenvalue weighted by Crippen LogP contribution is -2.42. The number of methoxy groups -OCH3 is 1. The van der Waals surface area contributed by atoms with Crippen molar-refractivity contribution in [2.24, 2.45) is 4.99 Å². The number of hydrogen-bond acceptors (Lipinski definition) is 5.